The second-order valence-electron chi connectivity index (χ2n) is 11.0. The van der Waals surface area contributed by atoms with Crippen LogP contribution in [0.15, 0.2) is 48.8 Å². The van der Waals surface area contributed by atoms with Gasteiger partial charge in [-0.2, -0.15) is 5.10 Å². The second kappa shape index (κ2) is 17.9. The molecule has 3 rings (SSSR count). The van der Waals surface area contributed by atoms with Gasteiger partial charge >= 0.3 is 13.8 Å². The van der Waals surface area contributed by atoms with Gasteiger partial charge in [0.15, 0.2) is 5.49 Å². The molecule has 3 aromatic rings. The summed E-state index contributed by atoms with van der Waals surface area (Å²) in [5, 5.41) is 37.7. The van der Waals surface area contributed by atoms with E-state index in [1.165, 1.54) is 12.1 Å². The van der Waals surface area contributed by atoms with Crippen LogP contribution in [0.3, 0.4) is 0 Å². The molecule has 0 aliphatic heterocycles. The van der Waals surface area contributed by atoms with Crippen molar-refractivity contribution >= 4 is 19.3 Å². The first-order chi connectivity index (χ1) is 22.4. The monoisotopic (exact) mass is 685 g/mol. The van der Waals surface area contributed by atoms with Gasteiger partial charge in [-0.15, -0.1) is 0 Å². The van der Waals surface area contributed by atoms with Gasteiger partial charge in [-0.25, -0.2) is 13.5 Å². The molecule has 0 aliphatic rings. The molecule has 2 heterocycles. The molecule has 15 nitrogen and oxygen atoms in total. The molecule has 0 amide bonds. The van der Waals surface area contributed by atoms with Crippen molar-refractivity contribution in [3.05, 3.63) is 65.5 Å². The number of hydrogen-bond donors (Lipinski definition) is 5. The lowest BCUT2D eigenvalue weighted by Gasteiger charge is -2.36. The fourth-order valence-electron chi connectivity index (χ4n) is 4.52. The number of methoxy groups -OCH3 is 1. The van der Waals surface area contributed by atoms with Crippen LogP contribution in [0.5, 0.6) is 0 Å². The first-order valence-electron chi connectivity index (χ1n) is 15.1. The molecule has 17 heteroatoms. The number of carbonyl (C=O) groups excluding carboxylic acids is 1. The summed E-state index contributed by atoms with van der Waals surface area (Å²) >= 11 is 0. The number of phosphoric acid groups is 1. The third-order valence-corrected chi connectivity index (χ3v) is 8.80. The maximum Gasteiger partial charge on any atom is 0.474 e. The number of hydrogen-bond acceptors (Lipinski definition) is 12. The van der Waals surface area contributed by atoms with Crippen molar-refractivity contribution in [3.63, 3.8) is 0 Å². The number of aromatic nitrogens is 3. The Balaban J connectivity index is 1.61. The quantitative estimate of drug-likeness (QED) is 0.0476. The van der Waals surface area contributed by atoms with E-state index in [0.29, 0.717) is 12.2 Å². The van der Waals surface area contributed by atoms with Gasteiger partial charge < -0.3 is 29.3 Å². The predicted molar refractivity (Wildman–Crippen MR) is 166 cm³/mol. The van der Waals surface area contributed by atoms with Gasteiger partial charge in [0.25, 0.3) is 0 Å². The molecular weight excluding hydrogens is 640 g/mol. The van der Waals surface area contributed by atoms with E-state index in [2.05, 4.69) is 10.4 Å². The van der Waals surface area contributed by atoms with Crippen molar-refractivity contribution in [1.29, 1.82) is 5.41 Å². The summed E-state index contributed by atoms with van der Waals surface area (Å²) in [6.45, 7) is 3.30. The molecule has 0 radical (unpaired) electrons. The third kappa shape index (κ3) is 10.2. The SMILES string of the molecule is CCC(CC)COC(=O)[C@H](C)NCOC[C@@](CF)(OC)[C@@H](O)[C@@H](O)c1ccc2c(=N)n(COP(=O)(O)OCc3ccccc3)cnn12. The molecule has 0 saturated carbocycles. The van der Waals surface area contributed by atoms with Gasteiger partial charge in [-0.3, -0.25) is 29.1 Å². The largest absolute Gasteiger partial charge is 0.474 e. The first kappa shape index (κ1) is 38.4. The van der Waals surface area contributed by atoms with Crippen LogP contribution in [0.1, 0.15) is 51.0 Å². The molecule has 1 unspecified atom stereocenters. The molecule has 2 aromatic heterocycles. The molecule has 0 bridgehead atoms. The van der Waals surface area contributed by atoms with E-state index in [0.717, 1.165) is 35.4 Å². The van der Waals surface area contributed by atoms with E-state index in [9.17, 15) is 28.9 Å². The average Bonchev–Trinajstić information content (AvgIpc) is 3.52. The van der Waals surface area contributed by atoms with Gasteiger partial charge in [0, 0.05) is 7.11 Å². The van der Waals surface area contributed by atoms with Gasteiger partial charge in [-0.1, -0.05) is 57.0 Å². The van der Waals surface area contributed by atoms with Gasteiger partial charge in [0.05, 0.1) is 32.2 Å². The van der Waals surface area contributed by atoms with Crippen molar-refractivity contribution in [3.8, 4) is 0 Å². The highest BCUT2D eigenvalue weighted by atomic mass is 31.2. The van der Waals surface area contributed by atoms with Crippen molar-refractivity contribution < 1.29 is 52.1 Å². The number of halogens is 1. The minimum atomic E-state index is -4.49. The number of nitrogens with zero attached hydrogens (tertiary/aromatic N) is 3. The van der Waals surface area contributed by atoms with Crippen LogP contribution in [0, 0.1) is 11.3 Å². The molecular formula is C30H45FN5O10P. The maximum absolute atomic E-state index is 14.4. The summed E-state index contributed by atoms with van der Waals surface area (Å²) in [5.74, 6) is -0.190. The van der Waals surface area contributed by atoms with E-state index >= 15 is 0 Å². The van der Waals surface area contributed by atoms with E-state index in [1.54, 1.807) is 37.3 Å². The highest BCUT2D eigenvalue weighted by molar-refractivity contribution is 7.47. The Morgan fingerprint density at radius 3 is 2.49 bits per heavy atom. The Morgan fingerprint density at radius 2 is 1.85 bits per heavy atom. The molecule has 0 fully saturated rings. The summed E-state index contributed by atoms with van der Waals surface area (Å²) in [6.07, 6.45) is -0.696. The fourth-order valence-corrected chi connectivity index (χ4v) is 5.18. The summed E-state index contributed by atoms with van der Waals surface area (Å²) in [4.78, 5) is 22.3. The van der Waals surface area contributed by atoms with Gasteiger partial charge in [0.1, 0.15) is 49.1 Å². The highest BCUT2D eigenvalue weighted by Crippen LogP contribution is 2.44. The Bertz CT molecular complexity index is 1520. The van der Waals surface area contributed by atoms with Crippen LogP contribution in [0.25, 0.3) is 5.52 Å². The molecule has 0 aliphatic carbocycles. The number of fused-ring (bicyclic) bond motifs is 1. The molecule has 0 spiro atoms. The Labute approximate surface area is 272 Å². The Kier molecular flexibility index (Phi) is 14.6. The lowest BCUT2D eigenvalue weighted by atomic mass is 9.92. The first-order valence-corrected chi connectivity index (χ1v) is 16.6. The fraction of sp³-hybridized carbons (Fsp3) is 0.567. The summed E-state index contributed by atoms with van der Waals surface area (Å²) in [6, 6.07) is 10.8. The predicted octanol–water partition coefficient (Wildman–Crippen LogP) is 2.59. The Morgan fingerprint density at radius 1 is 1.15 bits per heavy atom. The van der Waals surface area contributed by atoms with Crippen LogP contribution < -0.4 is 10.8 Å². The van der Waals surface area contributed by atoms with Crippen molar-refractivity contribution in [2.45, 2.75) is 70.8 Å². The van der Waals surface area contributed by atoms with Crippen LogP contribution in [0.4, 0.5) is 4.39 Å². The number of esters is 1. The smallest absolute Gasteiger partial charge is 0.464 e. The van der Waals surface area contributed by atoms with Crippen molar-refractivity contribution in [2.75, 3.05) is 33.7 Å². The van der Waals surface area contributed by atoms with E-state index in [4.69, 9.17) is 28.7 Å². The molecule has 1 aromatic carbocycles. The summed E-state index contributed by atoms with van der Waals surface area (Å²) < 4.78 is 55.2. The number of alkyl halides is 1. The number of benzene rings is 1. The number of aliphatic hydroxyl groups excluding tert-OH is 2. The maximum atomic E-state index is 14.4. The lowest BCUT2D eigenvalue weighted by Crippen LogP contribution is -2.53. The zero-order chi connectivity index (χ0) is 34.6. The zero-order valence-corrected chi connectivity index (χ0v) is 27.8. The summed E-state index contributed by atoms with van der Waals surface area (Å²) in [5.41, 5.74) is -1.39. The number of carbonyl (C=O) groups is 1. The molecule has 47 heavy (non-hydrogen) atoms. The van der Waals surface area contributed by atoms with Crippen molar-refractivity contribution in [1.82, 2.24) is 19.5 Å². The minimum absolute atomic E-state index is 0.00919. The van der Waals surface area contributed by atoms with Crippen LogP contribution in [-0.4, -0.2) is 86.7 Å². The summed E-state index contributed by atoms with van der Waals surface area (Å²) in [7, 11) is -3.33. The lowest BCUT2D eigenvalue weighted by molar-refractivity contribution is -0.183. The number of phosphoric ester groups is 1. The number of ether oxygens (including phenoxy) is 3. The van der Waals surface area contributed by atoms with E-state index in [-0.39, 0.29) is 36.0 Å². The minimum Gasteiger partial charge on any atom is -0.464 e. The molecule has 0 saturated heterocycles. The molecule has 5 atom stereocenters. The zero-order valence-electron chi connectivity index (χ0n) is 27.0. The van der Waals surface area contributed by atoms with Crippen LogP contribution in [0.2, 0.25) is 0 Å². The van der Waals surface area contributed by atoms with Crippen molar-refractivity contribution in [2.24, 2.45) is 5.92 Å². The van der Waals surface area contributed by atoms with E-state index in [1.807, 2.05) is 13.8 Å². The number of nitrogens with one attached hydrogen (secondary N) is 2. The Hall–Kier alpha value is -3.05. The van der Waals surface area contributed by atoms with Crippen LogP contribution in [-0.2, 0) is 46.0 Å². The number of rotatable bonds is 21. The van der Waals surface area contributed by atoms with Crippen LogP contribution >= 0.6 is 7.82 Å². The second-order valence-corrected chi connectivity index (χ2v) is 12.5. The molecule has 5 N–H and O–H groups in total. The topological polar surface area (TPSA) is 199 Å². The van der Waals surface area contributed by atoms with Gasteiger partial charge in [-0.05, 0) is 30.5 Å². The third-order valence-electron chi connectivity index (χ3n) is 7.90. The highest BCUT2D eigenvalue weighted by Gasteiger charge is 2.44. The molecule has 262 valence electrons. The number of aliphatic hydroxyl groups is 2. The van der Waals surface area contributed by atoms with E-state index < -0.39 is 57.7 Å². The van der Waals surface area contributed by atoms with Gasteiger partial charge in [0.2, 0.25) is 0 Å². The normalized spacial score (nSPS) is 16.4. The standard InChI is InChI=1S/C30H45FN5O10P/c1-5-22(6-2)14-44-29(39)21(3)33-19-43-17-30(16-31,42-4)27(38)26(37)24-12-13-25-28(32)35(18-34-36(24)25)20-46-47(40,41)45-15-23-10-8-7-9-11-23/h7-13,18,21-22,26-27,32-33,37-38H,5-6,14-17,19-20H2,1-4H3,(H,40,41)/t21-,26-,27-,30+/m0/s1. The average molecular weight is 686 g/mol.